The van der Waals surface area contributed by atoms with Crippen molar-refractivity contribution in [3.63, 3.8) is 0 Å². The fourth-order valence-corrected chi connectivity index (χ4v) is 1.38. The van der Waals surface area contributed by atoms with E-state index in [1.165, 1.54) is 6.20 Å². The molecular formula is C11H13N3O2. The number of aromatic nitrogens is 1. The fraction of sp³-hybridized carbons (Fsp3) is 0.364. The molecule has 84 valence electrons. The van der Waals surface area contributed by atoms with Gasteiger partial charge in [0.2, 0.25) is 0 Å². The van der Waals surface area contributed by atoms with E-state index in [1.807, 2.05) is 6.07 Å². The van der Waals surface area contributed by atoms with E-state index in [9.17, 15) is 4.79 Å². The first-order chi connectivity index (χ1) is 7.44. The quantitative estimate of drug-likeness (QED) is 0.803. The molecule has 0 aliphatic carbocycles. The van der Waals surface area contributed by atoms with E-state index in [-0.39, 0.29) is 12.1 Å². The molecule has 5 heteroatoms. The molecule has 0 saturated carbocycles. The first kappa shape index (κ1) is 12.0. The number of nitriles is 1. The lowest BCUT2D eigenvalue weighted by Crippen LogP contribution is -2.34. The third-order valence-corrected chi connectivity index (χ3v) is 1.98. The van der Waals surface area contributed by atoms with Crippen LogP contribution in [0.4, 0.5) is 5.69 Å². The van der Waals surface area contributed by atoms with Crippen molar-refractivity contribution < 1.29 is 9.90 Å². The summed E-state index contributed by atoms with van der Waals surface area (Å²) in [6, 6.07) is 5.35. The molecule has 5 nitrogen and oxygen atoms in total. The second-order valence-corrected chi connectivity index (χ2v) is 4.09. The summed E-state index contributed by atoms with van der Waals surface area (Å²) in [6.07, 6.45) is 1.49. The van der Waals surface area contributed by atoms with Gasteiger partial charge in [-0.1, -0.05) is 0 Å². The van der Waals surface area contributed by atoms with Crippen LogP contribution in [0.5, 0.6) is 0 Å². The Bertz CT molecular complexity index is 435. The molecule has 1 rings (SSSR count). The lowest BCUT2D eigenvalue weighted by molar-refractivity contribution is -0.137. The molecule has 0 amide bonds. The molecule has 0 unspecified atom stereocenters. The van der Waals surface area contributed by atoms with Crippen molar-refractivity contribution in [1.82, 2.24) is 4.98 Å². The highest BCUT2D eigenvalue weighted by Crippen LogP contribution is 2.19. The molecule has 0 aliphatic rings. The van der Waals surface area contributed by atoms with Gasteiger partial charge in [0.25, 0.3) is 0 Å². The van der Waals surface area contributed by atoms with Gasteiger partial charge >= 0.3 is 5.97 Å². The largest absolute Gasteiger partial charge is 0.481 e. The average molecular weight is 219 g/mol. The van der Waals surface area contributed by atoms with Crippen molar-refractivity contribution in [3.05, 3.63) is 24.0 Å². The van der Waals surface area contributed by atoms with Crippen LogP contribution in [0.2, 0.25) is 0 Å². The topological polar surface area (TPSA) is 86.0 Å². The minimum absolute atomic E-state index is 0.0350. The maximum Gasteiger partial charge on any atom is 0.305 e. The number of carboxylic acid groups (broad SMARTS) is 1. The minimum Gasteiger partial charge on any atom is -0.481 e. The van der Waals surface area contributed by atoms with Gasteiger partial charge in [0.05, 0.1) is 12.1 Å². The monoisotopic (exact) mass is 219 g/mol. The van der Waals surface area contributed by atoms with E-state index in [0.29, 0.717) is 5.69 Å². The summed E-state index contributed by atoms with van der Waals surface area (Å²) in [5.41, 5.74) is 0.192. The van der Waals surface area contributed by atoms with Crippen LogP contribution in [0.3, 0.4) is 0 Å². The first-order valence-electron chi connectivity index (χ1n) is 4.80. The Morgan fingerprint density at radius 1 is 1.69 bits per heavy atom. The summed E-state index contributed by atoms with van der Waals surface area (Å²) in [7, 11) is 0. The van der Waals surface area contributed by atoms with Crippen LogP contribution in [0.25, 0.3) is 0 Å². The number of carbonyl (C=O) groups is 1. The van der Waals surface area contributed by atoms with Gasteiger partial charge in [-0.2, -0.15) is 5.26 Å². The summed E-state index contributed by atoms with van der Waals surface area (Å²) < 4.78 is 0. The van der Waals surface area contributed by atoms with Gasteiger partial charge in [0, 0.05) is 11.7 Å². The third-order valence-electron chi connectivity index (χ3n) is 1.98. The molecule has 0 aliphatic heterocycles. The highest BCUT2D eigenvalue weighted by atomic mass is 16.4. The molecule has 0 spiro atoms. The molecule has 1 heterocycles. The summed E-state index contributed by atoms with van der Waals surface area (Å²) >= 11 is 0. The maximum atomic E-state index is 10.6. The van der Waals surface area contributed by atoms with Crippen molar-refractivity contribution >= 4 is 11.7 Å². The SMILES string of the molecule is CC(C)(CC(=O)O)Nc1cccnc1C#N. The third kappa shape index (κ3) is 3.24. The summed E-state index contributed by atoms with van der Waals surface area (Å²) in [4.78, 5) is 14.5. The van der Waals surface area contributed by atoms with Crippen molar-refractivity contribution in [2.24, 2.45) is 0 Å². The van der Waals surface area contributed by atoms with Gasteiger partial charge in [-0.15, -0.1) is 0 Å². The molecule has 0 fully saturated rings. The number of aliphatic carboxylic acids is 1. The summed E-state index contributed by atoms with van der Waals surface area (Å²) in [5, 5.41) is 20.6. The highest BCUT2D eigenvalue weighted by Gasteiger charge is 2.22. The molecule has 1 aromatic heterocycles. The van der Waals surface area contributed by atoms with E-state index in [2.05, 4.69) is 10.3 Å². The zero-order valence-corrected chi connectivity index (χ0v) is 9.19. The molecule has 16 heavy (non-hydrogen) atoms. The number of hydrogen-bond donors (Lipinski definition) is 2. The van der Waals surface area contributed by atoms with E-state index in [4.69, 9.17) is 10.4 Å². The van der Waals surface area contributed by atoms with Crippen LogP contribution in [0.15, 0.2) is 18.3 Å². The second-order valence-electron chi connectivity index (χ2n) is 4.09. The standard InChI is InChI=1S/C11H13N3O2/c1-11(2,6-10(15)16)14-8-4-3-5-13-9(8)7-12/h3-5,14H,6H2,1-2H3,(H,15,16). The van der Waals surface area contributed by atoms with E-state index in [1.54, 1.807) is 26.0 Å². The Hall–Kier alpha value is -2.09. The van der Waals surface area contributed by atoms with E-state index >= 15 is 0 Å². The number of nitrogens with one attached hydrogen (secondary N) is 1. The number of hydrogen-bond acceptors (Lipinski definition) is 4. The van der Waals surface area contributed by atoms with E-state index < -0.39 is 11.5 Å². The minimum atomic E-state index is -0.889. The molecule has 0 saturated heterocycles. The second kappa shape index (κ2) is 4.62. The zero-order valence-electron chi connectivity index (χ0n) is 9.19. The molecule has 0 aromatic carbocycles. The predicted octanol–water partition coefficient (Wildman–Crippen LogP) is 1.62. The summed E-state index contributed by atoms with van der Waals surface area (Å²) in [5.74, 6) is -0.889. The van der Waals surface area contributed by atoms with Crippen molar-refractivity contribution in [3.8, 4) is 6.07 Å². The van der Waals surface area contributed by atoms with Gasteiger partial charge < -0.3 is 10.4 Å². The van der Waals surface area contributed by atoms with Gasteiger partial charge in [0.15, 0.2) is 5.69 Å². The Balaban J connectivity index is 2.88. The van der Waals surface area contributed by atoms with Crippen LogP contribution < -0.4 is 5.32 Å². The van der Waals surface area contributed by atoms with Crippen molar-refractivity contribution in [2.45, 2.75) is 25.8 Å². The van der Waals surface area contributed by atoms with Crippen LogP contribution in [-0.2, 0) is 4.79 Å². The first-order valence-corrected chi connectivity index (χ1v) is 4.80. The molecule has 0 atom stereocenters. The van der Waals surface area contributed by atoms with Crippen LogP contribution in [-0.4, -0.2) is 21.6 Å². The number of anilines is 1. The normalized spacial score (nSPS) is 10.6. The number of nitrogens with zero attached hydrogens (tertiary/aromatic N) is 2. The smallest absolute Gasteiger partial charge is 0.305 e. The Labute approximate surface area is 93.7 Å². The number of carboxylic acids is 1. The Kier molecular flexibility index (Phi) is 3.46. The van der Waals surface area contributed by atoms with Crippen LogP contribution in [0.1, 0.15) is 26.0 Å². The Morgan fingerprint density at radius 3 is 2.94 bits per heavy atom. The number of rotatable bonds is 4. The molecular weight excluding hydrogens is 206 g/mol. The highest BCUT2D eigenvalue weighted by molar-refractivity contribution is 5.69. The maximum absolute atomic E-state index is 10.6. The molecule has 0 radical (unpaired) electrons. The molecule has 0 bridgehead atoms. The van der Waals surface area contributed by atoms with Crippen molar-refractivity contribution in [2.75, 3.05) is 5.32 Å². The van der Waals surface area contributed by atoms with E-state index in [0.717, 1.165) is 0 Å². The predicted molar refractivity (Wildman–Crippen MR) is 58.9 cm³/mol. The van der Waals surface area contributed by atoms with Gasteiger partial charge in [-0.25, -0.2) is 4.98 Å². The fourth-order valence-electron chi connectivity index (χ4n) is 1.38. The molecule has 1 aromatic rings. The molecule has 2 N–H and O–H groups in total. The Morgan fingerprint density at radius 2 is 2.38 bits per heavy atom. The average Bonchev–Trinajstić information content (AvgIpc) is 2.15. The lowest BCUT2D eigenvalue weighted by Gasteiger charge is -2.25. The van der Waals surface area contributed by atoms with Crippen LogP contribution in [0, 0.1) is 11.3 Å². The number of pyridine rings is 1. The van der Waals surface area contributed by atoms with Gasteiger partial charge in [0.1, 0.15) is 6.07 Å². The van der Waals surface area contributed by atoms with Crippen molar-refractivity contribution in [1.29, 1.82) is 5.26 Å². The summed E-state index contributed by atoms with van der Waals surface area (Å²) in [6.45, 7) is 3.52. The lowest BCUT2D eigenvalue weighted by atomic mass is 10.0. The van der Waals surface area contributed by atoms with Gasteiger partial charge in [-0.3, -0.25) is 4.79 Å². The van der Waals surface area contributed by atoms with Crippen LogP contribution >= 0.6 is 0 Å². The zero-order chi connectivity index (χ0) is 12.2. The van der Waals surface area contributed by atoms with Gasteiger partial charge in [-0.05, 0) is 26.0 Å².